The Bertz CT molecular complexity index is 465. The van der Waals surface area contributed by atoms with E-state index in [1.807, 2.05) is 6.92 Å². The summed E-state index contributed by atoms with van der Waals surface area (Å²) < 4.78 is 18.2. The summed E-state index contributed by atoms with van der Waals surface area (Å²) in [7, 11) is 0. The smallest absolute Gasteiger partial charge is 0.338 e. The number of urea groups is 1. The van der Waals surface area contributed by atoms with Crippen LogP contribution in [0.1, 0.15) is 17.3 Å². The van der Waals surface area contributed by atoms with Gasteiger partial charge in [0.1, 0.15) is 5.82 Å². The highest BCUT2D eigenvalue weighted by molar-refractivity contribution is 5.93. The van der Waals surface area contributed by atoms with Crippen molar-refractivity contribution in [2.45, 2.75) is 6.92 Å². The topological polar surface area (TPSA) is 87.7 Å². The standard InChI is InChI=1S/C12H15FN2O4/c1-2-19-6-5-14-12(18)15-8-3-4-10(13)9(7-8)11(16)17/h3-4,7H,2,5-6H2,1H3,(H,16,17)(H2,14,15,18). The number of carboxylic acids is 1. The number of rotatable bonds is 6. The van der Waals surface area contributed by atoms with Crippen LogP contribution < -0.4 is 10.6 Å². The molecular formula is C12H15FN2O4. The normalized spacial score (nSPS) is 10.0. The molecule has 6 nitrogen and oxygen atoms in total. The third kappa shape index (κ3) is 4.92. The fraction of sp³-hybridized carbons (Fsp3) is 0.333. The molecule has 0 unspecified atom stereocenters. The number of nitrogens with one attached hydrogen (secondary N) is 2. The quantitative estimate of drug-likeness (QED) is 0.686. The number of ether oxygens (including phenoxy) is 1. The van der Waals surface area contributed by atoms with Crippen molar-refractivity contribution in [2.75, 3.05) is 25.1 Å². The number of carbonyl (C=O) groups excluding carboxylic acids is 1. The zero-order chi connectivity index (χ0) is 14.3. The second-order valence-corrected chi connectivity index (χ2v) is 3.58. The zero-order valence-electron chi connectivity index (χ0n) is 10.4. The van der Waals surface area contributed by atoms with Crippen molar-refractivity contribution in [1.29, 1.82) is 0 Å². The molecule has 0 aromatic heterocycles. The van der Waals surface area contributed by atoms with E-state index in [2.05, 4.69) is 10.6 Å². The van der Waals surface area contributed by atoms with Crippen LogP contribution in [0.25, 0.3) is 0 Å². The average molecular weight is 270 g/mol. The van der Waals surface area contributed by atoms with Crippen molar-refractivity contribution in [3.63, 3.8) is 0 Å². The van der Waals surface area contributed by atoms with Gasteiger partial charge in [-0.2, -0.15) is 0 Å². The van der Waals surface area contributed by atoms with Gasteiger partial charge in [-0.3, -0.25) is 0 Å². The first-order valence-electron chi connectivity index (χ1n) is 5.70. The summed E-state index contributed by atoms with van der Waals surface area (Å²) >= 11 is 0. The molecule has 0 aliphatic heterocycles. The van der Waals surface area contributed by atoms with Gasteiger partial charge in [-0.15, -0.1) is 0 Å². The van der Waals surface area contributed by atoms with Gasteiger partial charge in [-0.1, -0.05) is 0 Å². The summed E-state index contributed by atoms with van der Waals surface area (Å²) in [6, 6.07) is 2.81. The SMILES string of the molecule is CCOCCNC(=O)Nc1ccc(F)c(C(=O)O)c1. The Morgan fingerprint density at radius 2 is 2.16 bits per heavy atom. The highest BCUT2D eigenvalue weighted by Crippen LogP contribution is 2.14. The summed E-state index contributed by atoms with van der Waals surface area (Å²) in [5, 5.41) is 13.7. The largest absolute Gasteiger partial charge is 0.478 e. The van der Waals surface area contributed by atoms with Crippen molar-refractivity contribution < 1.29 is 23.8 Å². The Balaban J connectivity index is 2.55. The van der Waals surface area contributed by atoms with Crippen LogP contribution in [0.3, 0.4) is 0 Å². The van der Waals surface area contributed by atoms with Crippen LogP contribution in [0.2, 0.25) is 0 Å². The third-order valence-corrected chi connectivity index (χ3v) is 2.19. The van der Waals surface area contributed by atoms with Crippen molar-refractivity contribution in [3.8, 4) is 0 Å². The van der Waals surface area contributed by atoms with E-state index >= 15 is 0 Å². The van der Waals surface area contributed by atoms with Gasteiger partial charge in [0.25, 0.3) is 0 Å². The Morgan fingerprint density at radius 3 is 2.79 bits per heavy atom. The molecule has 0 aliphatic carbocycles. The van der Waals surface area contributed by atoms with Crippen molar-refractivity contribution in [2.24, 2.45) is 0 Å². The number of benzene rings is 1. The molecule has 0 saturated carbocycles. The minimum Gasteiger partial charge on any atom is -0.478 e. The van der Waals surface area contributed by atoms with E-state index < -0.39 is 23.4 Å². The van der Waals surface area contributed by atoms with E-state index in [0.717, 1.165) is 12.1 Å². The van der Waals surface area contributed by atoms with E-state index in [-0.39, 0.29) is 5.69 Å². The molecule has 7 heteroatoms. The lowest BCUT2D eigenvalue weighted by molar-refractivity contribution is 0.0692. The zero-order valence-corrected chi connectivity index (χ0v) is 10.4. The summed E-state index contributed by atoms with van der Waals surface area (Å²) in [5.41, 5.74) is -0.292. The molecule has 2 amide bonds. The summed E-state index contributed by atoms with van der Waals surface area (Å²) in [4.78, 5) is 22.1. The predicted molar refractivity (Wildman–Crippen MR) is 66.9 cm³/mol. The van der Waals surface area contributed by atoms with Crippen LogP contribution in [0.15, 0.2) is 18.2 Å². The van der Waals surface area contributed by atoms with Crippen LogP contribution in [0.4, 0.5) is 14.9 Å². The van der Waals surface area contributed by atoms with E-state index in [1.165, 1.54) is 6.07 Å². The maximum Gasteiger partial charge on any atom is 0.338 e. The molecule has 0 radical (unpaired) electrons. The Kier molecular flexibility index (Phi) is 5.74. The molecule has 1 aromatic rings. The van der Waals surface area contributed by atoms with Gasteiger partial charge in [-0.25, -0.2) is 14.0 Å². The molecule has 0 fully saturated rings. The van der Waals surface area contributed by atoms with Gasteiger partial charge in [-0.05, 0) is 25.1 Å². The molecule has 0 heterocycles. The van der Waals surface area contributed by atoms with Crippen LogP contribution in [0, 0.1) is 5.82 Å². The Morgan fingerprint density at radius 1 is 1.42 bits per heavy atom. The number of amides is 2. The lowest BCUT2D eigenvalue weighted by atomic mass is 10.2. The van der Waals surface area contributed by atoms with E-state index in [9.17, 15) is 14.0 Å². The lowest BCUT2D eigenvalue weighted by Crippen LogP contribution is -2.31. The molecule has 1 aromatic carbocycles. The van der Waals surface area contributed by atoms with Gasteiger partial charge >= 0.3 is 12.0 Å². The second-order valence-electron chi connectivity index (χ2n) is 3.58. The first-order valence-corrected chi connectivity index (χ1v) is 5.70. The number of carboxylic acid groups (broad SMARTS) is 1. The molecule has 0 aliphatic rings. The maximum atomic E-state index is 13.1. The average Bonchev–Trinajstić information content (AvgIpc) is 2.36. The van der Waals surface area contributed by atoms with Crippen LogP contribution in [-0.2, 0) is 4.74 Å². The maximum absolute atomic E-state index is 13.1. The number of anilines is 1. The number of halogens is 1. The number of hydrogen-bond donors (Lipinski definition) is 3. The van der Waals surface area contributed by atoms with Crippen molar-refractivity contribution in [3.05, 3.63) is 29.6 Å². The molecule has 104 valence electrons. The molecule has 3 N–H and O–H groups in total. The fourth-order valence-corrected chi connectivity index (χ4v) is 1.32. The summed E-state index contributed by atoms with van der Waals surface area (Å²) in [5.74, 6) is -2.24. The molecule has 19 heavy (non-hydrogen) atoms. The van der Waals surface area contributed by atoms with Gasteiger partial charge < -0.3 is 20.5 Å². The van der Waals surface area contributed by atoms with E-state index in [1.54, 1.807) is 0 Å². The van der Waals surface area contributed by atoms with Crippen molar-refractivity contribution >= 4 is 17.7 Å². The highest BCUT2D eigenvalue weighted by atomic mass is 19.1. The Labute approximate surface area is 109 Å². The minimum absolute atomic E-state index is 0.202. The van der Waals surface area contributed by atoms with Gasteiger partial charge in [0.15, 0.2) is 0 Å². The number of hydrogen-bond acceptors (Lipinski definition) is 3. The first kappa shape index (κ1) is 14.9. The van der Waals surface area contributed by atoms with Crippen LogP contribution >= 0.6 is 0 Å². The van der Waals surface area contributed by atoms with Crippen molar-refractivity contribution in [1.82, 2.24) is 5.32 Å². The van der Waals surface area contributed by atoms with Gasteiger partial charge in [0.2, 0.25) is 0 Å². The van der Waals surface area contributed by atoms with E-state index in [0.29, 0.717) is 19.8 Å². The highest BCUT2D eigenvalue weighted by Gasteiger charge is 2.11. The first-order chi connectivity index (χ1) is 9.04. The van der Waals surface area contributed by atoms with E-state index in [4.69, 9.17) is 9.84 Å². The monoisotopic (exact) mass is 270 g/mol. The third-order valence-electron chi connectivity index (χ3n) is 2.19. The Hall–Kier alpha value is -2.15. The number of aromatic carboxylic acids is 1. The number of carbonyl (C=O) groups is 2. The summed E-state index contributed by atoms with van der Waals surface area (Å²) in [6.45, 7) is 3.11. The fourth-order valence-electron chi connectivity index (χ4n) is 1.32. The molecule has 0 spiro atoms. The molecule has 0 bridgehead atoms. The molecule has 0 atom stereocenters. The second kappa shape index (κ2) is 7.32. The molecular weight excluding hydrogens is 255 g/mol. The lowest BCUT2D eigenvalue weighted by Gasteiger charge is -2.08. The van der Waals surface area contributed by atoms with Crippen LogP contribution in [0.5, 0.6) is 0 Å². The predicted octanol–water partition coefficient (Wildman–Crippen LogP) is 1.68. The van der Waals surface area contributed by atoms with Gasteiger partial charge in [0.05, 0.1) is 12.2 Å². The van der Waals surface area contributed by atoms with Gasteiger partial charge in [0, 0.05) is 18.8 Å². The van der Waals surface area contributed by atoms with Crippen LogP contribution in [-0.4, -0.2) is 36.9 Å². The molecule has 0 saturated heterocycles. The minimum atomic E-state index is -1.39. The molecule has 1 rings (SSSR count). The summed E-state index contributed by atoms with van der Waals surface area (Å²) in [6.07, 6.45) is 0.